The van der Waals surface area contributed by atoms with Crippen LogP contribution in [0.1, 0.15) is 37.3 Å². The third kappa shape index (κ3) is 1.82. The number of ether oxygens (including phenoxy) is 1. The van der Waals surface area contributed by atoms with Gasteiger partial charge in [0.15, 0.2) is 0 Å². The SMILES string of the molecule is COc1cccc2c1NC(=O)NC2C1CCCC1. The zero-order valence-corrected chi connectivity index (χ0v) is 10.5. The molecule has 0 aromatic heterocycles. The Labute approximate surface area is 107 Å². The van der Waals surface area contributed by atoms with Crippen molar-refractivity contribution in [3.63, 3.8) is 0 Å². The summed E-state index contributed by atoms with van der Waals surface area (Å²) in [6.45, 7) is 0. The van der Waals surface area contributed by atoms with Gasteiger partial charge in [-0.3, -0.25) is 0 Å². The smallest absolute Gasteiger partial charge is 0.319 e. The second-order valence-corrected chi connectivity index (χ2v) is 5.05. The van der Waals surface area contributed by atoms with Crippen LogP contribution in [0, 0.1) is 5.92 Å². The van der Waals surface area contributed by atoms with Gasteiger partial charge >= 0.3 is 6.03 Å². The fraction of sp³-hybridized carbons (Fsp3) is 0.500. The van der Waals surface area contributed by atoms with Gasteiger partial charge in [0.2, 0.25) is 0 Å². The molecule has 0 bridgehead atoms. The van der Waals surface area contributed by atoms with Crippen molar-refractivity contribution < 1.29 is 9.53 Å². The Bertz CT molecular complexity index is 467. The molecule has 1 aromatic carbocycles. The summed E-state index contributed by atoms with van der Waals surface area (Å²) in [4.78, 5) is 11.8. The van der Waals surface area contributed by atoms with Gasteiger partial charge in [-0.15, -0.1) is 0 Å². The van der Waals surface area contributed by atoms with Crippen LogP contribution in [0.2, 0.25) is 0 Å². The molecule has 4 nitrogen and oxygen atoms in total. The van der Waals surface area contributed by atoms with Gasteiger partial charge in [0.25, 0.3) is 0 Å². The van der Waals surface area contributed by atoms with Crippen molar-refractivity contribution in [2.75, 3.05) is 12.4 Å². The molecule has 96 valence electrons. The lowest BCUT2D eigenvalue weighted by Crippen LogP contribution is -2.40. The molecule has 1 aromatic rings. The Balaban J connectivity index is 2.01. The number of para-hydroxylation sites is 1. The molecule has 1 heterocycles. The van der Waals surface area contributed by atoms with Crippen LogP contribution >= 0.6 is 0 Å². The van der Waals surface area contributed by atoms with Crippen LogP contribution in [0.3, 0.4) is 0 Å². The number of benzene rings is 1. The highest BCUT2D eigenvalue weighted by atomic mass is 16.5. The maximum atomic E-state index is 11.8. The van der Waals surface area contributed by atoms with Gasteiger partial charge in [-0.2, -0.15) is 0 Å². The number of urea groups is 1. The average molecular weight is 246 g/mol. The topological polar surface area (TPSA) is 50.4 Å². The van der Waals surface area contributed by atoms with Gasteiger partial charge in [0.05, 0.1) is 18.8 Å². The molecule has 1 saturated carbocycles. The highest BCUT2D eigenvalue weighted by Crippen LogP contribution is 2.42. The predicted molar refractivity (Wildman–Crippen MR) is 69.8 cm³/mol. The van der Waals surface area contributed by atoms with Gasteiger partial charge in [-0.05, 0) is 24.8 Å². The second kappa shape index (κ2) is 4.52. The molecule has 4 heteroatoms. The van der Waals surface area contributed by atoms with E-state index >= 15 is 0 Å². The van der Waals surface area contributed by atoms with Gasteiger partial charge in [0.1, 0.15) is 5.75 Å². The number of hydrogen-bond donors (Lipinski definition) is 2. The molecule has 2 aliphatic rings. The molecule has 3 rings (SSSR count). The first-order valence-electron chi connectivity index (χ1n) is 6.54. The number of carbonyl (C=O) groups excluding carboxylic acids is 1. The summed E-state index contributed by atoms with van der Waals surface area (Å²) in [7, 11) is 1.63. The summed E-state index contributed by atoms with van der Waals surface area (Å²) in [6.07, 6.45) is 4.93. The largest absolute Gasteiger partial charge is 0.495 e. The molecule has 1 fully saturated rings. The zero-order chi connectivity index (χ0) is 12.5. The van der Waals surface area contributed by atoms with Crippen LogP contribution in [0.5, 0.6) is 5.75 Å². The number of rotatable bonds is 2. The maximum Gasteiger partial charge on any atom is 0.319 e. The fourth-order valence-electron chi connectivity index (χ4n) is 3.14. The summed E-state index contributed by atoms with van der Waals surface area (Å²) in [5.41, 5.74) is 1.99. The number of methoxy groups -OCH3 is 1. The van der Waals surface area contributed by atoms with E-state index in [1.54, 1.807) is 7.11 Å². The Morgan fingerprint density at radius 3 is 2.78 bits per heavy atom. The number of fused-ring (bicyclic) bond motifs is 1. The first kappa shape index (κ1) is 11.4. The van der Waals surface area contributed by atoms with E-state index in [9.17, 15) is 4.79 Å². The highest BCUT2D eigenvalue weighted by Gasteiger charge is 2.33. The molecule has 1 aliphatic carbocycles. The molecular formula is C14H18N2O2. The van der Waals surface area contributed by atoms with Crippen molar-refractivity contribution in [3.8, 4) is 5.75 Å². The van der Waals surface area contributed by atoms with Crippen LogP contribution in [-0.4, -0.2) is 13.1 Å². The average Bonchev–Trinajstić information content (AvgIpc) is 2.90. The van der Waals surface area contributed by atoms with Crippen molar-refractivity contribution in [2.24, 2.45) is 5.92 Å². The maximum absolute atomic E-state index is 11.8. The number of amides is 2. The number of carbonyl (C=O) groups is 1. The van der Waals surface area contributed by atoms with Crippen LogP contribution in [0.25, 0.3) is 0 Å². The van der Waals surface area contributed by atoms with Crippen molar-refractivity contribution in [1.82, 2.24) is 5.32 Å². The molecule has 18 heavy (non-hydrogen) atoms. The van der Waals surface area contributed by atoms with E-state index in [4.69, 9.17) is 4.74 Å². The molecular weight excluding hydrogens is 228 g/mol. The van der Waals surface area contributed by atoms with E-state index < -0.39 is 0 Å². The number of anilines is 1. The molecule has 1 aliphatic heterocycles. The Morgan fingerprint density at radius 1 is 1.28 bits per heavy atom. The minimum absolute atomic E-state index is 0.121. The quantitative estimate of drug-likeness (QED) is 0.842. The molecule has 0 radical (unpaired) electrons. The Morgan fingerprint density at radius 2 is 2.06 bits per heavy atom. The van der Waals surface area contributed by atoms with Crippen LogP contribution < -0.4 is 15.4 Å². The van der Waals surface area contributed by atoms with Crippen molar-refractivity contribution in [2.45, 2.75) is 31.7 Å². The standard InChI is InChI=1S/C14H18N2O2/c1-18-11-8-4-7-10-12(9-5-2-3-6-9)15-14(17)16-13(10)11/h4,7-9,12H,2-3,5-6H2,1H3,(H2,15,16,17). The van der Waals surface area contributed by atoms with Crippen molar-refractivity contribution in [3.05, 3.63) is 23.8 Å². The Kier molecular flexibility index (Phi) is 2.86. The number of hydrogen-bond acceptors (Lipinski definition) is 2. The van der Waals surface area contributed by atoms with E-state index in [-0.39, 0.29) is 12.1 Å². The fourth-order valence-corrected chi connectivity index (χ4v) is 3.14. The van der Waals surface area contributed by atoms with Crippen molar-refractivity contribution >= 4 is 11.7 Å². The van der Waals surface area contributed by atoms with E-state index in [2.05, 4.69) is 16.7 Å². The Hall–Kier alpha value is -1.71. The lowest BCUT2D eigenvalue weighted by Gasteiger charge is -2.32. The molecule has 0 spiro atoms. The minimum Gasteiger partial charge on any atom is -0.495 e. The second-order valence-electron chi connectivity index (χ2n) is 5.05. The van der Waals surface area contributed by atoms with E-state index in [0.29, 0.717) is 5.92 Å². The third-order valence-electron chi connectivity index (χ3n) is 4.01. The first-order valence-corrected chi connectivity index (χ1v) is 6.54. The van der Waals surface area contributed by atoms with Gasteiger partial charge in [-0.1, -0.05) is 25.0 Å². The van der Waals surface area contributed by atoms with Crippen LogP contribution in [0.4, 0.5) is 10.5 Å². The van der Waals surface area contributed by atoms with E-state index in [1.165, 1.54) is 25.7 Å². The van der Waals surface area contributed by atoms with Crippen LogP contribution in [0.15, 0.2) is 18.2 Å². The van der Waals surface area contributed by atoms with Gasteiger partial charge in [-0.25, -0.2) is 4.79 Å². The number of nitrogens with one attached hydrogen (secondary N) is 2. The van der Waals surface area contributed by atoms with Crippen LogP contribution in [-0.2, 0) is 0 Å². The lowest BCUT2D eigenvalue weighted by atomic mass is 9.89. The highest BCUT2D eigenvalue weighted by molar-refractivity contribution is 5.95. The summed E-state index contributed by atoms with van der Waals surface area (Å²) >= 11 is 0. The summed E-state index contributed by atoms with van der Waals surface area (Å²) in [5, 5.41) is 5.92. The van der Waals surface area contributed by atoms with E-state index in [1.807, 2.05) is 12.1 Å². The summed E-state index contributed by atoms with van der Waals surface area (Å²) in [6, 6.07) is 5.96. The lowest BCUT2D eigenvalue weighted by molar-refractivity contribution is 0.240. The molecule has 0 saturated heterocycles. The molecule has 1 atom stereocenters. The monoisotopic (exact) mass is 246 g/mol. The van der Waals surface area contributed by atoms with E-state index in [0.717, 1.165) is 17.0 Å². The molecule has 2 amide bonds. The molecule has 2 N–H and O–H groups in total. The predicted octanol–water partition coefficient (Wildman–Crippen LogP) is 3.06. The van der Waals surface area contributed by atoms with Gasteiger partial charge < -0.3 is 15.4 Å². The summed E-state index contributed by atoms with van der Waals surface area (Å²) in [5.74, 6) is 1.30. The molecule has 1 unspecified atom stereocenters. The summed E-state index contributed by atoms with van der Waals surface area (Å²) < 4.78 is 5.33. The first-order chi connectivity index (χ1) is 8.79. The zero-order valence-electron chi connectivity index (χ0n) is 10.5. The van der Waals surface area contributed by atoms with Crippen molar-refractivity contribution in [1.29, 1.82) is 0 Å². The minimum atomic E-state index is -0.121. The normalized spacial score (nSPS) is 23.2. The van der Waals surface area contributed by atoms with Gasteiger partial charge in [0, 0.05) is 5.56 Å². The third-order valence-corrected chi connectivity index (χ3v) is 4.01.